The first-order valence-corrected chi connectivity index (χ1v) is 9.36. The molecular formula is C22H25N5. The van der Waals surface area contributed by atoms with Crippen LogP contribution in [-0.2, 0) is 11.8 Å². The molecule has 5 heteroatoms. The van der Waals surface area contributed by atoms with Gasteiger partial charge in [0.15, 0.2) is 5.82 Å². The Morgan fingerprint density at radius 3 is 2.52 bits per heavy atom. The molecule has 2 aromatic carbocycles. The average Bonchev–Trinajstić information content (AvgIpc) is 2.97. The van der Waals surface area contributed by atoms with E-state index in [0.717, 1.165) is 12.1 Å². The van der Waals surface area contributed by atoms with Crippen molar-refractivity contribution in [2.45, 2.75) is 45.6 Å². The molecule has 0 fully saturated rings. The van der Waals surface area contributed by atoms with Gasteiger partial charge in [0.05, 0.1) is 6.20 Å². The van der Waals surface area contributed by atoms with Crippen molar-refractivity contribution in [2.75, 3.05) is 10.2 Å². The summed E-state index contributed by atoms with van der Waals surface area (Å²) >= 11 is 0. The maximum Gasteiger partial charge on any atom is 0.252 e. The van der Waals surface area contributed by atoms with Gasteiger partial charge >= 0.3 is 0 Å². The van der Waals surface area contributed by atoms with E-state index in [1.165, 1.54) is 16.8 Å². The molecule has 4 rings (SSSR count). The third-order valence-corrected chi connectivity index (χ3v) is 4.99. The van der Waals surface area contributed by atoms with Crippen LogP contribution in [0.3, 0.4) is 0 Å². The molecule has 27 heavy (non-hydrogen) atoms. The van der Waals surface area contributed by atoms with Gasteiger partial charge in [0.2, 0.25) is 0 Å². The number of anilines is 4. The fourth-order valence-corrected chi connectivity index (χ4v) is 3.53. The minimum absolute atomic E-state index is 0.140. The zero-order chi connectivity index (χ0) is 19.0. The van der Waals surface area contributed by atoms with Crippen molar-refractivity contribution in [1.82, 2.24) is 15.2 Å². The Kier molecular flexibility index (Phi) is 4.30. The van der Waals surface area contributed by atoms with E-state index in [0.29, 0.717) is 17.8 Å². The highest BCUT2D eigenvalue weighted by Gasteiger charge is 2.29. The van der Waals surface area contributed by atoms with Gasteiger partial charge in [-0.3, -0.25) is 0 Å². The van der Waals surface area contributed by atoms with Crippen LogP contribution < -0.4 is 10.2 Å². The van der Waals surface area contributed by atoms with Crippen molar-refractivity contribution in [3.8, 4) is 0 Å². The molecule has 5 nitrogen and oxygen atoms in total. The third kappa shape index (κ3) is 3.50. The summed E-state index contributed by atoms with van der Waals surface area (Å²) in [5.41, 5.74) is 4.92. The van der Waals surface area contributed by atoms with Crippen molar-refractivity contribution in [3.05, 3.63) is 65.9 Å². The number of nitrogens with zero attached hydrogens (tertiary/aromatic N) is 4. The van der Waals surface area contributed by atoms with Gasteiger partial charge in [-0.25, -0.2) is 0 Å². The monoisotopic (exact) mass is 359 g/mol. The number of nitrogens with one attached hydrogen (secondary N) is 1. The molecule has 0 spiro atoms. The number of aromatic nitrogens is 3. The summed E-state index contributed by atoms with van der Waals surface area (Å²) in [6, 6.07) is 17.2. The van der Waals surface area contributed by atoms with E-state index < -0.39 is 0 Å². The second-order valence-electron chi connectivity index (χ2n) is 8.15. The summed E-state index contributed by atoms with van der Waals surface area (Å²) in [4.78, 5) is 6.87. The second kappa shape index (κ2) is 6.65. The van der Waals surface area contributed by atoms with E-state index in [1.54, 1.807) is 6.20 Å². The lowest BCUT2D eigenvalue weighted by atomic mass is 9.87. The van der Waals surface area contributed by atoms with Gasteiger partial charge in [-0.05, 0) is 48.1 Å². The Morgan fingerprint density at radius 1 is 1.04 bits per heavy atom. The van der Waals surface area contributed by atoms with Crippen LogP contribution in [0.1, 0.15) is 38.8 Å². The first kappa shape index (κ1) is 17.5. The predicted octanol–water partition coefficient (Wildman–Crippen LogP) is 5.00. The molecule has 0 amide bonds. The molecule has 1 N–H and O–H groups in total. The molecule has 1 atom stereocenters. The van der Waals surface area contributed by atoms with Gasteiger partial charge < -0.3 is 10.2 Å². The molecule has 1 aliphatic rings. The van der Waals surface area contributed by atoms with Gasteiger partial charge in [0.1, 0.15) is 0 Å². The average molecular weight is 359 g/mol. The molecule has 1 unspecified atom stereocenters. The van der Waals surface area contributed by atoms with Crippen molar-refractivity contribution in [3.63, 3.8) is 0 Å². The van der Waals surface area contributed by atoms with Crippen LogP contribution in [0.4, 0.5) is 23.1 Å². The molecule has 138 valence electrons. The highest BCUT2D eigenvalue weighted by molar-refractivity contribution is 5.68. The quantitative estimate of drug-likeness (QED) is 0.713. The van der Waals surface area contributed by atoms with E-state index in [2.05, 4.69) is 96.6 Å². The third-order valence-electron chi connectivity index (χ3n) is 4.99. The van der Waals surface area contributed by atoms with Crippen LogP contribution in [0.15, 0.2) is 54.7 Å². The summed E-state index contributed by atoms with van der Waals surface area (Å²) in [7, 11) is 0. The van der Waals surface area contributed by atoms with Crippen LogP contribution >= 0.6 is 0 Å². The summed E-state index contributed by atoms with van der Waals surface area (Å²) in [5.74, 6) is 1.32. The Labute approximate surface area is 160 Å². The molecule has 3 aromatic rings. The van der Waals surface area contributed by atoms with Gasteiger partial charge in [-0.1, -0.05) is 51.1 Å². The van der Waals surface area contributed by atoms with Gasteiger partial charge in [-0.2, -0.15) is 10.1 Å². The number of benzene rings is 2. The Bertz CT molecular complexity index is 943. The summed E-state index contributed by atoms with van der Waals surface area (Å²) in [5, 5.41) is 11.8. The molecule has 0 bridgehead atoms. The topological polar surface area (TPSA) is 53.9 Å². The van der Waals surface area contributed by atoms with E-state index in [1.807, 2.05) is 0 Å². The fourth-order valence-electron chi connectivity index (χ4n) is 3.53. The molecule has 0 saturated carbocycles. The van der Waals surface area contributed by atoms with Gasteiger partial charge in [0.25, 0.3) is 5.95 Å². The van der Waals surface area contributed by atoms with E-state index in [-0.39, 0.29) is 5.41 Å². The van der Waals surface area contributed by atoms with E-state index in [9.17, 15) is 0 Å². The van der Waals surface area contributed by atoms with E-state index in [4.69, 9.17) is 4.98 Å². The minimum atomic E-state index is 0.140. The lowest BCUT2D eigenvalue weighted by Gasteiger charge is -2.22. The number of fused-ring (bicyclic) bond motifs is 1. The summed E-state index contributed by atoms with van der Waals surface area (Å²) in [6.45, 7) is 8.83. The van der Waals surface area contributed by atoms with Crippen molar-refractivity contribution >= 4 is 23.1 Å². The largest absolute Gasteiger partial charge is 0.339 e. The molecule has 0 aliphatic carbocycles. The summed E-state index contributed by atoms with van der Waals surface area (Å²) < 4.78 is 0. The molecule has 0 radical (unpaired) electrons. The van der Waals surface area contributed by atoms with Crippen LogP contribution in [0.2, 0.25) is 0 Å². The smallest absolute Gasteiger partial charge is 0.252 e. The fraction of sp³-hybridized carbons (Fsp3) is 0.318. The number of para-hydroxylation sites is 1. The molecular weight excluding hydrogens is 334 g/mol. The van der Waals surface area contributed by atoms with Gasteiger partial charge in [0, 0.05) is 17.4 Å². The Hall–Kier alpha value is -2.95. The van der Waals surface area contributed by atoms with Gasteiger partial charge in [-0.15, -0.1) is 5.10 Å². The number of hydrogen-bond donors (Lipinski definition) is 1. The summed E-state index contributed by atoms with van der Waals surface area (Å²) in [6.07, 6.45) is 2.65. The lowest BCUT2D eigenvalue weighted by molar-refractivity contribution is 0.590. The standard InChI is InChI=1S/C22H25N5/c1-15-13-16-7-5-6-8-19(16)27(15)21-25-20(14-23-26-21)24-18-11-9-17(10-12-18)22(2,3)4/h5-12,14-15H,13H2,1-4H3,(H,24,25,26). The van der Waals surface area contributed by atoms with Crippen molar-refractivity contribution in [2.24, 2.45) is 0 Å². The van der Waals surface area contributed by atoms with E-state index >= 15 is 0 Å². The maximum absolute atomic E-state index is 4.71. The zero-order valence-electron chi connectivity index (χ0n) is 16.3. The van der Waals surface area contributed by atoms with Crippen molar-refractivity contribution < 1.29 is 0 Å². The molecule has 1 aromatic heterocycles. The molecule has 1 aliphatic heterocycles. The SMILES string of the molecule is CC1Cc2ccccc2N1c1nncc(Nc2ccc(C(C)(C)C)cc2)n1. The van der Waals surface area contributed by atoms with Crippen LogP contribution in [-0.4, -0.2) is 21.2 Å². The predicted molar refractivity (Wildman–Crippen MR) is 110 cm³/mol. The first-order chi connectivity index (χ1) is 12.9. The Morgan fingerprint density at radius 2 is 1.78 bits per heavy atom. The molecule has 2 heterocycles. The first-order valence-electron chi connectivity index (χ1n) is 9.36. The highest BCUT2D eigenvalue weighted by atomic mass is 15.4. The lowest BCUT2D eigenvalue weighted by Crippen LogP contribution is -2.26. The normalized spacial score (nSPS) is 16.3. The van der Waals surface area contributed by atoms with Crippen LogP contribution in [0.5, 0.6) is 0 Å². The number of hydrogen-bond acceptors (Lipinski definition) is 5. The number of rotatable bonds is 3. The van der Waals surface area contributed by atoms with Crippen LogP contribution in [0, 0.1) is 0 Å². The van der Waals surface area contributed by atoms with Crippen LogP contribution in [0.25, 0.3) is 0 Å². The molecule has 0 saturated heterocycles. The highest BCUT2D eigenvalue weighted by Crippen LogP contribution is 2.36. The Balaban J connectivity index is 1.58. The maximum atomic E-state index is 4.71. The van der Waals surface area contributed by atoms with Crippen molar-refractivity contribution in [1.29, 1.82) is 0 Å². The zero-order valence-corrected chi connectivity index (χ0v) is 16.3. The minimum Gasteiger partial charge on any atom is -0.339 e. The second-order valence-corrected chi connectivity index (χ2v) is 8.15.